The van der Waals surface area contributed by atoms with E-state index in [2.05, 4.69) is 15.4 Å². The Morgan fingerprint density at radius 3 is 3.10 bits per heavy atom. The lowest BCUT2D eigenvalue weighted by Crippen LogP contribution is -2.29. The van der Waals surface area contributed by atoms with Gasteiger partial charge < -0.3 is 5.32 Å². The van der Waals surface area contributed by atoms with E-state index in [9.17, 15) is 4.79 Å². The monoisotopic (exact) mass is 322 g/mol. The second kappa shape index (κ2) is 6.19. The number of rotatable bonds is 4. The van der Waals surface area contributed by atoms with Crippen molar-refractivity contribution in [3.63, 3.8) is 0 Å². The number of thiazole rings is 1. The quantitative estimate of drug-likeness (QED) is 0.939. The molecule has 5 nitrogen and oxygen atoms in total. The van der Waals surface area contributed by atoms with Crippen molar-refractivity contribution in [2.24, 2.45) is 7.05 Å². The van der Waals surface area contributed by atoms with E-state index < -0.39 is 0 Å². The van der Waals surface area contributed by atoms with Crippen LogP contribution in [0.2, 0.25) is 0 Å². The maximum atomic E-state index is 12.3. The smallest absolute Gasteiger partial charge is 0.263 e. The van der Waals surface area contributed by atoms with E-state index in [0.717, 1.165) is 22.8 Å². The van der Waals surface area contributed by atoms with Crippen LogP contribution in [0.3, 0.4) is 0 Å². The number of amides is 1. The first-order valence-electron chi connectivity index (χ1n) is 6.99. The average molecular weight is 322 g/mol. The molecular weight excluding hydrogens is 304 g/mol. The molecule has 1 N–H and O–H groups in total. The van der Waals surface area contributed by atoms with Crippen LogP contribution in [0.4, 0.5) is 0 Å². The van der Waals surface area contributed by atoms with E-state index >= 15 is 0 Å². The Morgan fingerprint density at radius 2 is 2.43 bits per heavy atom. The maximum Gasteiger partial charge on any atom is 0.263 e. The van der Waals surface area contributed by atoms with Gasteiger partial charge in [-0.3, -0.25) is 9.48 Å². The predicted molar refractivity (Wildman–Crippen MR) is 86.9 cm³/mol. The fourth-order valence-electron chi connectivity index (χ4n) is 2.35. The molecule has 0 bridgehead atoms. The molecule has 1 atom stereocenters. The first-order valence-corrected chi connectivity index (χ1v) is 8.86. The zero-order valence-electron chi connectivity index (χ0n) is 12.1. The Morgan fingerprint density at radius 1 is 1.57 bits per heavy atom. The number of carbonyl (C=O) groups excluding carboxylic acids is 1. The minimum Gasteiger partial charge on any atom is -0.350 e. The highest BCUT2D eigenvalue weighted by molar-refractivity contribution is 8.00. The Bertz CT molecular complexity index is 643. The maximum absolute atomic E-state index is 12.3. The Balaban J connectivity index is 1.69. The van der Waals surface area contributed by atoms with Gasteiger partial charge in [0.15, 0.2) is 0 Å². The molecule has 1 amide bonds. The van der Waals surface area contributed by atoms with Crippen LogP contribution in [-0.4, -0.2) is 38.2 Å². The fourth-order valence-corrected chi connectivity index (χ4v) is 4.51. The van der Waals surface area contributed by atoms with Crippen molar-refractivity contribution in [3.05, 3.63) is 23.0 Å². The van der Waals surface area contributed by atoms with Gasteiger partial charge in [-0.15, -0.1) is 11.3 Å². The molecular formula is C14H18N4OS2. The summed E-state index contributed by atoms with van der Waals surface area (Å²) in [5, 5.41) is 8.60. The van der Waals surface area contributed by atoms with Gasteiger partial charge in [0.1, 0.15) is 9.88 Å². The van der Waals surface area contributed by atoms with E-state index in [1.165, 1.54) is 29.9 Å². The molecule has 1 saturated heterocycles. The van der Waals surface area contributed by atoms with Crippen LogP contribution < -0.4 is 5.32 Å². The molecule has 1 aliphatic heterocycles. The summed E-state index contributed by atoms with van der Waals surface area (Å²) in [6, 6.07) is 0. The topological polar surface area (TPSA) is 59.8 Å². The molecule has 21 heavy (non-hydrogen) atoms. The molecule has 0 radical (unpaired) electrons. The van der Waals surface area contributed by atoms with Gasteiger partial charge >= 0.3 is 0 Å². The van der Waals surface area contributed by atoms with Gasteiger partial charge in [0.2, 0.25) is 0 Å². The molecule has 3 heterocycles. The molecule has 2 aromatic heterocycles. The van der Waals surface area contributed by atoms with E-state index in [1.807, 2.05) is 31.9 Å². The number of hydrogen-bond donors (Lipinski definition) is 1. The average Bonchev–Trinajstić information content (AvgIpc) is 3.16. The first-order chi connectivity index (χ1) is 10.1. The Hall–Kier alpha value is -1.34. The molecule has 1 unspecified atom stereocenters. The fraction of sp³-hybridized carbons (Fsp3) is 0.500. The third-order valence-corrected chi connectivity index (χ3v) is 6.07. The van der Waals surface area contributed by atoms with E-state index in [1.54, 1.807) is 10.9 Å². The minimum absolute atomic E-state index is 0.00681. The Kier molecular flexibility index (Phi) is 4.30. The molecule has 1 fully saturated rings. The number of hydrogen-bond acceptors (Lipinski definition) is 5. The zero-order chi connectivity index (χ0) is 14.8. The lowest BCUT2D eigenvalue weighted by molar-refractivity contribution is 0.0957. The highest BCUT2D eigenvalue weighted by atomic mass is 32.2. The molecule has 7 heteroatoms. The summed E-state index contributed by atoms with van der Waals surface area (Å²) < 4.78 is 1.74. The Labute approximate surface area is 132 Å². The van der Waals surface area contributed by atoms with Crippen LogP contribution in [0.1, 0.15) is 28.2 Å². The van der Waals surface area contributed by atoms with Gasteiger partial charge in [-0.2, -0.15) is 16.9 Å². The molecule has 3 rings (SSSR count). The normalized spacial score (nSPS) is 18.1. The summed E-state index contributed by atoms with van der Waals surface area (Å²) in [6.45, 7) is 2.64. The van der Waals surface area contributed by atoms with Crippen LogP contribution in [-0.2, 0) is 7.05 Å². The summed E-state index contributed by atoms with van der Waals surface area (Å²) in [7, 11) is 1.87. The van der Waals surface area contributed by atoms with E-state index in [4.69, 9.17) is 0 Å². The van der Waals surface area contributed by atoms with Crippen LogP contribution in [0, 0.1) is 6.92 Å². The van der Waals surface area contributed by atoms with Crippen LogP contribution >= 0.6 is 23.1 Å². The van der Waals surface area contributed by atoms with Crippen LogP contribution in [0.5, 0.6) is 0 Å². The van der Waals surface area contributed by atoms with Gasteiger partial charge in [-0.05, 0) is 25.5 Å². The lowest BCUT2D eigenvalue weighted by atomic mass is 10.2. The number of nitrogens with one attached hydrogen (secondary N) is 1. The summed E-state index contributed by atoms with van der Waals surface area (Å²) in [6.07, 6.45) is 6.15. The molecule has 0 aliphatic carbocycles. The largest absolute Gasteiger partial charge is 0.350 e. The third-order valence-electron chi connectivity index (χ3n) is 3.47. The van der Waals surface area contributed by atoms with Crippen molar-refractivity contribution in [1.82, 2.24) is 20.1 Å². The highest BCUT2D eigenvalue weighted by Crippen LogP contribution is 2.28. The number of aromatic nitrogens is 3. The second-order valence-corrected chi connectivity index (χ2v) is 7.59. The van der Waals surface area contributed by atoms with Crippen molar-refractivity contribution in [1.29, 1.82) is 0 Å². The number of aryl methyl sites for hydroxylation is 2. The molecule has 0 aromatic carbocycles. The number of nitrogens with zero attached hydrogens (tertiary/aromatic N) is 3. The SMILES string of the molecule is Cc1nc(-c2cnn(C)c2)sc1C(=O)NCC1CCCS1. The van der Waals surface area contributed by atoms with Crippen LogP contribution in [0.15, 0.2) is 12.4 Å². The van der Waals surface area contributed by atoms with Gasteiger partial charge in [0, 0.05) is 30.6 Å². The molecule has 112 valence electrons. The van der Waals surface area contributed by atoms with Crippen molar-refractivity contribution in [2.75, 3.05) is 12.3 Å². The van der Waals surface area contributed by atoms with Gasteiger partial charge in [0.25, 0.3) is 5.91 Å². The number of thioether (sulfide) groups is 1. The van der Waals surface area contributed by atoms with Gasteiger partial charge in [-0.1, -0.05) is 0 Å². The lowest BCUT2D eigenvalue weighted by Gasteiger charge is -2.09. The van der Waals surface area contributed by atoms with Gasteiger partial charge in [-0.25, -0.2) is 4.98 Å². The first kappa shape index (κ1) is 14.6. The second-order valence-electron chi connectivity index (χ2n) is 5.18. The highest BCUT2D eigenvalue weighted by Gasteiger charge is 2.20. The summed E-state index contributed by atoms with van der Waals surface area (Å²) in [4.78, 5) is 17.5. The molecule has 0 spiro atoms. The van der Waals surface area contributed by atoms with E-state index in [-0.39, 0.29) is 5.91 Å². The number of carbonyl (C=O) groups is 1. The van der Waals surface area contributed by atoms with Crippen molar-refractivity contribution in [3.8, 4) is 10.6 Å². The van der Waals surface area contributed by atoms with Crippen molar-refractivity contribution >= 4 is 29.0 Å². The standard InChI is InChI=1S/C14H18N4OS2/c1-9-12(13(19)15-7-11-4-3-5-20-11)21-14(17-9)10-6-16-18(2)8-10/h6,8,11H,3-5,7H2,1-2H3,(H,15,19). The summed E-state index contributed by atoms with van der Waals surface area (Å²) in [5.41, 5.74) is 1.74. The summed E-state index contributed by atoms with van der Waals surface area (Å²) in [5.74, 6) is 1.21. The third kappa shape index (κ3) is 3.29. The minimum atomic E-state index is -0.00681. The van der Waals surface area contributed by atoms with Gasteiger partial charge in [0.05, 0.1) is 11.9 Å². The van der Waals surface area contributed by atoms with Crippen LogP contribution in [0.25, 0.3) is 10.6 Å². The predicted octanol–water partition coefficient (Wildman–Crippen LogP) is 2.48. The molecule has 2 aromatic rings. The molecule has 0 saturated carbocycles. The van der Waals surface area contributed by atoms with E-state index in [0.29, 0.717) is 10.1 Å². The van der Waals surface area contributed by atoms with Crippen molar-refractivity contribution < 1.29 is 4.79 Å². The summed E-state index contributed by atoms with van der Waals surface area (Å²) >= 11 is 3.38. The molecule has 1 aliphatic rings. The zero-order valence-corrected chi connectivity index (χ0v) is 13.8. The van der Waals surface area contributed by atoms with Crippen molar-refractivity contribution in [2.45, 2.75) is 25.0 Å².